The van der Waals surface area contributed by atoms with Gasteiger partial charge in [0.15, 0.2) is 0 Å². The first-order valence-electron chi connectivity index (χ1n) is 4.60. The standard InChI is InChI=1S/C12H14/c1-3-11-9(2)8-10-6-4-5-7-12(10)11/h4-7H,3,8H2,1-2H3. The van der Waals surface area contributed by atoms with Gasteiger partial charge in [0.2, 0.25) is 0 Å². The van der Waals surface area contributed by atoms with Gasteiger partial charge in [0.25, 0.3) is 0 Å². The Kier molecular flexibility index (Phi) is 1.76. The van der Waals surface area contributed by atoms with Gasteiger partial charge in [-0.1, -0.05) is 36.8 Å². The van der Waals surface area contributed by atoms with Crippen molar-refractivity contribution in [3.63, 3.8) is 0 Å². The lowest BCUT2D eigenvalue weighted by Crippen LogP contribution is -1.81. The summed E-state index contributed by atoms with van der Waals surface area (Å²) in [6, 6.07) is 8.74. The van der Waals surface area contributed by atoms with Gasteiger partial charge >= 0.3 is 0 Å². The first-order chi connectivity index (χ1) is 5.83. The third-order valence-electron chi connectivity index (χ3n) is 2.67. The summed E-state index contributed by atoms with van der Waals surface area (Å²) in [5.41, 5.74) is 6.11. The van der Waals surface area contributed by atoms with Gasteiger partial charge in [-0.2, -0.15) is 0 Å². The molecule has 0 saturated heterocycles. The Morgan fingerprint density at radius 2 is 2.00 bits per heavy atom. The molecular formula is C12H14. The van der Waals surface area contributed by atoms with Crippen LogP contribution in [0.2, 0.25) is 0 Å². The van der Waals surface area contributed by atoms with Crippen molar-refractivity contribution >= 4 is 5.57 Å². The molecule has 0 heteroatoms. The first kappa shape index (κ1) is 7.60. The molecule has 0 aromatic heterocycles. The van der Waals surface area contributed by atoms with E-state index < -0.39 is 0 Å². The highest BCUT2D eigenvalue weighted by atomic mass is 14.2. The fraction of sp³-hybridized carbons (Fsp3) is 0.333. The van der Waals surface area contributed by atoms with Crippen molar-refractivity contribution < 1.29 is 0 Å². The van der Waals surface area contributed by atoms with Crippen molar-refractivity contribution in [1.82, 2.24) is 0 Å². The van der Waals surface area contributed by atoms with E-state index in [1.165, 1.54) is 24.0 Å². The Bertz CT molecular complexity index is 332. The minimum Gasteiger partial charge on any atom is -0.0651 e. The van der Waals surface area contributed by atoms with Gasteiger partial charge in [-0.15, -0.1) is 0 Å². The van der Waals surface area contributed by atoms with Crippen LogP contribution in [0.25, 0.3) is 5.57 Å². The summed E-state index contributed by atoms with van der Waals surface area (Å²) in [6.07, 6.45) is 2.34. The molecule has 1 aliphatic rings. The maximum atomic E-state index is 2.25. The Labute approximate surface area is 73.9 Å². The van der Waals surface area contributed by atoms with Crippen molar-refractivity contribution in [3.8, 4) is 0 Å². The van der Waals surface area contributed by atoms with Crippen LogP contribution in [0.15, 0.2) is 29.8 Å². The quantitative estimate of drug-likeness (QED) is 0.587. The Morgan fingerprint density at radius 1 is 1.25 bits per heavy atom. The lowest BCUT2D eigenvalue weighted by atomic mass is 10.0. The zero-order valence-electron chi connectivity index (χ0n) is 7.72. The molecule has 0 N–H and O–H groups in total. The second kappa shape index (κ2) is 2.78. The third kappa shape index (κ3) is 0.989. The average molecular weight is 158 g/mol. The molecule has 62 valence electrons. The van der Waals surface area contributed by atoms with Crippen LogP contribution in [0.3, 0.4) is 0 Å². The molecule has 1 aliphatic carbocycles. The predicted molar refractivity (Wildman–Crippen MR) is 53.0 cm³/mol. The van der Waals surface area contributed by atoms with E-state index >= 15 is 0 Å². The van der Waals surface area contributed by atoms with Crippen LogP contribution in [0.1, 0.15) is 31.4 Å². The molecule has 1 aromatic carbocycles. The summed E-state index contributed by atoms with van der Waals surface area (Å²) in [5.74, 6) is 0. The van der Waals surface area contributed by atoms with Crippen molar-refractivity contribution in [2.45, 2.75) is 26.7 Å². The van der Waals surface area contributed by atoms with Crippen molar-refractivity contribution in [3.05, 3.63) is 41.0 Å². The van der Waals surface area contributed by atoms with Gasteiger partial charge < -0.3 is 0 Å². The minimum atomic E-state index is 1.17. The fourth-order valence-corrected chi connectivity index (χ4v) is 2.08. The molecular weight excluding hydrogens is 144 g/mol. The number of rotatable bonds is 1. The van der Waals surface area contributed by atoms with Crippen LogP contribution < -0.4 is 0 Å². The molecule has 1 aromatic rings. The molecule has 0 heterocycles. The Hall–Kier alpha value is -1.04. The number of allylic oxidation sites excluding steroid dienone is 2. The van der Waals surface area contributed by atoms with E-state index in [1.54, 1.807) is 11.1 Å². The van der Waals surface area contributed by atoms with E-state index in [4.69, 9.17) is 0 Å². The van der Waals surface area contributed by atoms with Gasteiger partial charge in [-0.25, -0.2) is 0 Å². The van der Waals surface area contributed by atoms with E-state index in [1.807, 2.05) is 0 Å². The third-order valence-corrected chi connectivity index (χ3v) is 2.67. The largest absolute Gasteiger partial charge is 0.0651 e. The number of hydrogen-bond acceptors (Lipinski definition) is 0. The van der Waals surface area contributed by atoms with Crippen molar-refractivity contribution in [1.29, 1.82) is 0 Å². The first-order valence-corrected chi connectivity index (χ1v) is 4.60. The fourth-order valence-electron chi connectivity index (χ4n) is 2.08. The van der Waals surface area contributed by atoms with Gasteiger partial charge in [0.05, 0.1) is 0 Å². The van der Waals surface area contributed by atoms with E-state index in [0.29, 0.717) is 0 Å². The van der Waals surface area contributed by atoms with Crippen LogP contribution in [0, 0.1) is 0 Å². The van der Waals surface area contributed by atoms with E-state index in [0.717, 1.165) is 0 Å². The molecule has 2 rings (SSSR count). The smallest absolute Gasteiger partial charge is 0.00578 e. The van der Waals surface area contributed by atoms with E-state index in [2.05, 4.69) is 38.1 Å². The number of hydrogen-bond donors (Lipinski definition) is 0. The zero-order chi connectivity index (χ0) is 8.55. The second-order valence-electron chi connectivity index (χ2n) is 3.45. The molecule has 0 fully saturated rings. The van der Waals surface area contributed by atoms with Crippen LogP contribution in [-0.4, -0.2) is 0 Å². The van der Waals surface area contributed by atoms with E-state index in [9.17, 15) is 0 Å². The lowest BCUT2D eigenvalue weighted by Gasteiger charge is -2.01. The predicted octanol–water partition coefficient (Wildman–Crippen LogP) is 3.43. The summed E-state index contributed by atoms with van der Waals surface area (Å²) >= 11 is 0. The molecule has 0 unspecified atom stereocenters. The minimum absolute atomic E-state index is 1.17. The maximum absolute atomic E-state index is 2.25. The molecule has 0 bridgehead atoms. The average Bonchev–Trinajstić information content (AvgIpc) is 2.40. The highest BCUT2D eigenvalue weighted by Crippen LogP contribution is 2.33. The molecule has 0 saturated carbocycles. The molecule has 0 spiro atoms. The summed E-state index contributed by atoms with van der Waals surface area (Å²) in [6.45, 7) is 4.49. The second-order valence-corrected chi connectivity index (χ2v) is 3.45. The molecule has 0 nitrogen and oxygen atoms in total. The zero-order valence-corrected chi connectivity index (χ0v) is 7.72. The number of benzene rings is 1. The summed E-state index contributed by atoms with van der Waals surface area (Å²) in [5, 5.41) is 0. The Balaban J connectivity index is 2.53. The Morgan fingerprint density at radius 3 is 2.75 bits per heavy atom. The summed E-state index contributed by atoms with van der Waals surface area (Å²) < 4.78 is 0. The normalized spacial score (nSPS) is 15.2. The van der Waals surface area contributed by atoms with Crippen molar-refractivity contribution in [2.75, 3.05) is 0 Å². The van der Waals surface area contributed by atoms with Crippen LogP contribution in [-0.2, 0) is 6.42 Å². The molecule has 0 amide bonds. The van der Waals surface area contributed by atoms with Crippen LogP contribution in [0.5, 0.6) is 0 Å². The highest BCUT2D eigenvalue weighted by Gasteiger charge is 2.15. The molecule has 0 aliphatic heterocycles. The lowest BCUT2D eigenvalue weighted by molar-refractivity contribution is 1.17. The van der Waals surface area contributed by atoms with Gasteiger partial charge in [0, 0.05) is 0 Å². The highest BCUT2D eigenvalue weighted by molar-refractivity contribution is 5.75. The van der Waals surface area contributed by atoms with Gasteiger partial charge in [-0.05, 0) is 36.5 Å². The monoisotopic (exact) mass is 158 g/mol. The molecule has 0 atom stereocenters. The topological polar surface area (TPSA) is 0 Å². The SMILES string of the molecule is CCC1=C(C)Cc2ccccc21. The van der Waals surface area contributed by atoms with E-state index in [-0.39, 0.29) is 0 Å². The van der Waals surface area contributed by atoms with Crippen LogP contribution >= 0.6 is 0 Å². The van der Waals surface area contributed by atoms with Crippen molar-refractivity contribution in [2.24, 2.45) is 0 Å². The molecule has 12 heavy (non-hydrogen) atoms. The summed E-state index contributed by atoms with van der Waals surface area (Å²) in [4.78, 5) is 0. The molecule has 0 radical (unpaired) electrons. The van der Waals surface area contributed by atoms with Crippen LogP contribution in [0.4, 0.5) is 0 Å². The summed E-state index contributed by atoms with van der Waals surface area (Å²) in [7, 11) is 0. The number of fused-ring (bicyclic) bond motifs is 1. The maximum Gasteiger partial charge on any atom is -0.00578 e. The van der Waals surface area contributed by atoms with Gasteiger partial charge in [-0.3, -0.25) is 0 Å². The van der Waals surface area contributed by atoms with Gasteiger partial charge in [0.1, 0.15) is 0 Å².